The van der Waals surface area contributed by atoms with E-state index in [1.165, 1.54) is 0 Å². The summed E-state index contributed by atoms with van der Waals surface area (Å²) in [6, 6.07) is 1.84. The molecule has 0 saturated heterocycles. The number of rotatable bonds is 3. The fraction of sp³-hybridized carbons (Fsp3) is 0.500. The molecule has 0 spiro atoms. The topological polar surface area (TPSA) is 77.5 Å². The Morgan fingerprint density at radius 1 is 1.79 bits per heavy atom. The zero-order chi connectivity index (χ0) is 10.6. The lowest BCUT2D eigenvalue weighted by Crippen LogP contribution is -2.30. The van der Waals surface area contributed by atoms with Gasteiger partial charge in [0.25, 0.3) is 0 Å². The maximum Gasteiger partial charge on any atom is 0.211 e. The van der Waals surface area contributed by atoms with Crippen LogP contribution in [-0.2, 0) is 13.6 Å². The van der Waals surface area contributed by atoms with Gasteiger partial charge >= 0.3 is 0 Å². The minimum absolute atomic E-state index is 0.398. The highest BCUT2D eigenvalue weighted by Crippen LogP contribution is 2.10. The van der Waals surface area contributed by atoms with Gasteiger partial charge in [0.05, 0.1) is 19.3 Å². The lowest BCUT2D eigenvalue weighted by atomic mass is 10.4. The maximum atomic E-state index is 5.47. The molecule has 0 aliphatic carbocycles. The van der Waals surface area contributed by atoms with Crippen LogP contribution in [0.15, 0.2) is 11.1 Å². The van der Waals surface area contributed by atoms with Crippen LogP contribution >= 0.6 is 0 Å². The van der Waals surface area contributed by atoms with Gasteiger partial charge in [-0.1, -0.05) is 0 Å². The summed E-state index contributed by atoms with van der Waals surface area (Å²) in [6.45, 7) is 0.542. The second-order valence-corrected chi connectivity index (χ2v) is 2.76. The minimum atomic E-state index is 0.398. The highest BCUT2D eigenvalue weighted by molar-refractivity contribution is 5.77. The number of methoxy groups -OCH3 is 1. The summed E-state index contributed by atoms with van der Waals surface area (Å²) in [4.78, 5) is 3.77. The molecule has 1 rings (SSSR count). The van der Waals surface area contributed by atoms with Gasteiger partial charge in [-0.2, -0.15) is 5.10 Å². The first kappa shape index (κ1) is 10.4. The molecule has 0 amide bonds. The van der Waals surface area contributed by atoms with E-state index in [2.05, 4.69) is 15.4 Å². The summed E-state index contributed by atoms with van der Waals surface area (Å²) >= 11 is 0. The molecule has 3 N–H and O–H groups in total. The Labute approximate surface area is 82.8 Å². The maximum absolute atomic E-state index is 5.47. The molecule has 0 unspecified atom stereocenters. The van der Waals surface area contributed by atoms with Crippen LogP contribution in [0.3, 0.4) is 0 Å². The normalized spacial score (nSPS) is 11.5. The first-order chi connectivity index (χ1) is 6.67. The highest BCUT2D eigenvalue weighted by atomic mass is 16.5. The molecule has 0 aliphatic rings. The Bertz CT molecular complexity index is 330. The predicted octanol–water partition coefficient (Wildman–Crippen LogP) is -0.537. The van der Waals surface area contributed by atoms with Crippen molar-refractivity contribution in [1.82, 2.24) is 15.1 Å². The van der Waals surface area contributed by atoms with E-state index in [1.807, 2.05) is 13.1 Å². The van der Waals surface area contributed by atoms with Gasteiger partial charge in [-0.05, 0) is 0 Å². The Kier molecular flexibility index (Phi) is 3.33. The van der Waals surface area contributed by atoms with Crippen molar-refractivity contribution in [2.24, 2.45) is 17.8 Å². The number of nitrogens with one attached hydrogen (secondary N) is 1. The van der Waals surface area contributed by atoms with Crippen LogP contribution in [0.25, 0.3) is 0 Å². The lowest BCUT2D eigenvalue weighted by Gasteiger charge is -2.00. The van der Waals surface area contributed by atoms with Crippen LogP contribution in [0.2, 0.25) is 0 Å². The van der Waals surface area contributed by atoms with Gasteiger partial charge in [0.2, 0.25) is 5.88 Å². The van der Waals surface area contributed by atoms with E-state index in [4.69, 9.17) is 10.5 Å². The van der Waals surface area contributed by atoms with Crippen LogP contribution < -0.4 is 15.8 Å². The number of hydrogen-bond donors (Lipinski definition) is 2. The molecule has 0 radical (unpaired) electrons. The third-order valence-electron chi connectivity index (χ3n) is 1.79. The van der Waals surface area contributed by atoms with E-state index in [-0.39, 0.29) is 0 Å². The summed E-state index contributed by atoms with van der Waals surface area (Å²) in [5.74, 6) is 1.11. The van der Waals surface area contributed by atoms with E-state index < -0.39 is 0 Å². The van der Waals surface area contributed by atoms with Gasteiger partial charge in [-0.15, -0.1) is 0 Å². The summed E-state index contributed by atoms with van der Waals surface area (Å²) in [5.41, 5.74) is 6.33. The van der Waals surface area contributed by atoms with Crippen molar-refractivity contribution < 1.29 is 4.74 Å². The van der Waals surface area contributed by atoms with Crippen molar-refractivity contribution in [3.8, 4) is 5.88 Å². The molecule has 6 nitrogen and oxygen atoms in total. The van der Waals surface area contributed by atoms with Crippen LogP contribution in [0.4, 0.5) is 0 Å². The Balaban J connectivity index is 2.59. The van der Waals surface area contributed by atoms with Crippen molar-refractivity contribution in [3.63, 3.8) is 0 Å². The minimum Gasteiger partial charge on any atom is -0.481 e. The third kappa shape index (κ3) is 2.38. The fourth-order valence-electron chi connectivity index (χ4n) is 1.04. The Hall–Kier alpha value is -1.72. The van der Waals surface area contributed by atoms with Crippen LogP contribution in [0.1, 0.15) is 5.69 Å². The summed E-state index contributed by atoms with van der Waals surface area (Å²) in [7, 11) is 5.05. The highest BCUT2D eigenvalue weighted by Gasteiger charge is 2.04. The number of aliphatic imine (C=N–C) groups is 1. The van der Waals surface area contributed by atoms with Gasteiger partial charge in [-0.3, -0.25) is 4.99 Å². The first-order valence-corrected chi connectivity index (χ1v) is 4.20. The Morgan fingerprint density at radius 3 is 3.00 bits per heavy atom. The van der Waals surface area contributed by atoms with Crippen molar-refractivity contribution >= 4 is 5.96 Å². The zero-order valence-electron chi connectivity index (χ0n) is 8.61. The quantitative estimate of drug-likeness (QED) is 0.504. The number of ether oxygens (including phenoxy) is 1. The molecule has 0 aliphatic heterocycles. The monoisotopic (exact) mass is 197 g/mol. The van der Waals surface area contributed by atoms with Crippen molar-refractivity contribution in [2.45, 2.75) is 6.54 Å². The van der Waals surface area contributed by atoms with Gasteiger partial charge < -0.3 is 15.8 Å². The largest absolute Gasteiger partial charge is 0.481 e. The molecule has 0 aromatic carbocycles. The molecule has 78 valence electrons. The van der Waals surface area contributed by atoms with Crippen molar-refractivity contribution in [2.75, 3.05) is 14.2 Å². The van der Waals surface area contributed by atoms with Gasteiger partial charge in [0, 0.05) is 20.2 Å². The molecule has 0 fully saturated rings. The molecule has 0 bridgehead atoms. The fourth-order valence-corrected chi connectivity index (χ4v) is 1.04. The second-order valence-electron chi connectivity index (χ2n) is 2.76. The Morgan fingerprint density at radius 2 is 2.50 bits per heavy atom. The average molecular weight is 197 g/mol. The SMILES string of the molecule is CN=C(N)NCc1cc(OC)n(C)n1. The second kappa shape index (κ2) is 4.50. The molecule has 1 aromatic rings. The molecule has 0 atom stereocenters. The van der Waals surface area contributed by atoms with Gasteiger partial charge in [0.15, 0.2) is 5.96 Å². The zero-order valence-corrected chi connectivity index (χ0v) is 8.61. The number of aromatic nitrogens is 2. The molecular weight excluding hydrogens is 182 g/mol. The predicted molar refractivity (Wildman–Crippen MR) is 54.1 cm³/mol. The number of nitrogens with zero attached hydrogens (tertiary/aromatic N) is 3. The van der Waals surface area contributed by atoms with Crippen molar-refractivity contribution in [1.29, 1.82) is 0 Å². The number of nitrogens with two attached hydrogens (primary N) is 1. The van der Waals surface area contributed by atoms with E-state index in [0.29, 0.717) is 18.4 Å². The number of guanidine groups is 1. The van der Waals surface area contributed by atoms with Crippen molar-refractivity contribution in [3.05, 3.63) is 11.8 Å². The van der Waals surface area contributed by atoms with E-state index in [1.54, 1.807) is 18.8 Å². The molecule has 1 heterocycles. The van der Waals surface area contributed by atoms with E-state index in [9.17, 15) is 0 Å². The average Bonchev–Trinajstić information content (AvgIpc) is 2.55. The summed E-state index contributed by atoms with van der Waals surface area (Å²) in [6.07, 6.45) is 0. The molecular formula is C8H15N5O. The van der Waals surface area contributed by atoms with Gasteiger partial charge in [-0.25, -0.2) is 4.68 Å². The number of hydrogen-bond acceptors (Lipinski definition) is 3. The van der Waals surface area contributed by atoms with Crippen LogP contribution in [0.5, 0.6) is 5.88 Å². The summed E-state index contributed by atoms with van der Waals surface area (Å²) in [5, 5.41) is 7.12. The molecule has 0 saturated carbocycles. The molecule has 14 heavy (non-hydrogen) atoms. The number of aryl methyl sites for hydroxylation is 1. The van der Waals surface area contributed by atoms with Crippen LogP contribution in [-0.4, -0.2) is 29.9 Å². The smallest absolute Gasteiger partial charge is 0.211 e. The lowest BCUT2D eigenvalue weighted by molar-refractivity contribution is 0.373. The standard InChI is InChI=1S/C8H15N5O/c1-10-8(9)11-5-6-4-7(14-3)13(2)12-6/h4H,5H2,1-3H3,(H3,9,10,11). The van der Waals surface area contributed by atoms with Crippen LogP contribution in [0, 0.1) is 0 Å². The van der Waals surface area contributed by atoms with E-state index in [0.717, 1.165) is 5.69 Å². The van der Waals surface area contributed by atoms with E-state index >= 15 is 0 Å². The third-order valence-corrected chi connectivity index (χ3v) is 1.79. The molecule has 6 heteroatoms. The van der Waals surface area contributed by atoms with Gasteiger partial charge in [0.1, 0.15) is 0 Å². The molecule has 1 aromatic heterocycles. The first-order valence-electron chi connectivity index (χ1n) is 4.20. The summed E-state index contributed by atoms with van der Waals surface area (Å²) < 4.78 is 6.73.